The number of rotatable bonds is 1. The van der Waals surface area contributed by atoms with Crippen LogP contribution in [-0.2, 0) is 0 Å². The van der Waals surface area contributed by atoms with Crippen LogP contribution >= 0.6 is 0 Å². The molecule has 0 radical (unpaired) electrons. The quantitative estimate of drug-likeness (QED) is 0.523. The Kier molecular flexibility index (Phi) is 2.92. The van der Waals surface area contributed by atoms with Gasteiger partial charge in [-0.2, -0.15) is 0 Å². The fourth-order valence-corrected chi connectivity index (χ4v) is 1.24. The van der Waals surface area contributed by atoms with Gasteiger partial charge in [0, 0.05) is 10.4 Å². The predicted molar refractivity (Wildman–Crippen MR) is 56.3 cm³/mol. The van der Waals surface area contributed by atoms with Crippen molar-refractivity contribution in [2.24, 2.45) is 0 Å². The smallest absolute Gasteiger partial charge is 0.273 e. The molecule has 3 nitrogen and oxygen atoms in total. The summed E-state index contributed by atoms with van der Waals surface area (Å²) in [6.45, 7) is 3.41. The molecule has 1 aromatic rings. The molecule has 0 saturated carbocycles. The van der Waals surface area contributed by atoms with Crippen molar-refractivity contribution < 1.29 is 0 Å². The highest BCUT2D eigenvalue weighted by Crippen LogP contribution is 1.67. The molecule has 0 fully saturated rings. The fraction of sp³-hybridized carbons (Fsp3) is 0.182. The highest BCUT2D eigenvalue weighted by Gasteiger charge is 2.06. The summed E-state index contributed by atoms with van der Waals surface area (Å²) in [5.74, 6) is 0. The molecule has 0 aromatic heterocycles. The van der Waals surface area contributed by atoms with Crippen LogP contribution in [0.2, 0.25) is 0 Å². The molecular formula is C11H10O3. The van der Waals surface area contributed by atoms with Gasteiger partial charge in [-0.25, -0.2) is 0 Å². The maximum Gasteiger partial charge on any atom is 0.273 e. The summed E-state index contributed by atoms with van der Waals surface area (Å²) in [7, 11) is 0. The predicted octanol–water partition coefficient (Wildman–Crippen LogP) is -1.20. The molecule has 72 valence electrons. The molecule has 1 rings (SSSR count). The standard InChI is InChI=1S/C11H10O3/c1-3-5-6-8-7(4-2)9(12)11(14)10(8)13/h3-6H,1-2H3/b5-3-,7-4+,8-6+. The first-order valence-corrected chi connectivity index (χ1v) is 4.26. The highest BCUT2D eigenvalue weighted by molar-refractivity contribution is 5.39. The van der Waals surface area contributed by atoms with E-state index in [2.05, 4.69) is 0 Å². The summed E-state index contributed by atoms with van der Waals surface area (Å²) in [5, 5.41) is 0.402. The van der Waals surface area contributed by atoms with Crippen molar-refractivity contribution in [2.75, 3.05) is 0 Å². The lowest BCUT2D eigenvalue weighted by Crippen LogP contribution is -2.36. The molecule has 1 aromatic carbocycles. The average Bonchev–Trinajstić information content (AvgIpc) is 2.39. The van der Waals surface area contributed by atoms with E-state index >= 15 is 0 Å². The van der Waals surface area contributed by atoms with Gasteiger partial charge in [-0.05, 0) is 13.8 Å². The lowest BCUT2D eigenvalue weighted by molar-refractivity contribution is 1.51. The summed E-state index contributed by atoms with van der Waals surface area (Å²) in [6, 6.07) is 0. The van der Waals surface area contributed by atoms with Gasteiger partial charge < -0.3 is 0 Å². The first-order valence-electron chi connectivity index (χ1n) is 4.26. The lowest BCUT2D eigenvalue weighted by Gasteiger charge is -1.73. The summed E-state index contributed by atoms with van der Waals surface area (Å²) in [6.07, 6.45) is 6.32. The van der Waals surface area contributed by atoms with Gasteiger partial charge in [-0.15, -0.1) is 0 Å². The molecule has 0 N–H and O–H groups in total. The van der Waals surface area contributed by atoms with E-state index in [9.17, 15) is 14.4 Å². The second-order valence-corrected chi connectivity index (χ2v) is 2.80. The van der Waals surface area contributed by atoms with Crippen LogP contribution in [0.3, 0.4) is 0 Å². The van der Waals surface area contributed by atoms with Gasteiger partial charge >= 0.3 is 0 Å². The number of hydrogen-bond acceptors (Lipinski definition) is 3. The summed E-state index contributed by atoms with van der Waals surface area (Å²) in [4.78, 5) is 33.5. The van der Waals surface area contributed by atoms with Crippen LogP contribution in [0, 0.1) is 0 Å². The van der Waals surface area contributed by atoms with Crippen LogP contribution in [0.15, 0.2) is 26.5 Å². The molecule has 0 saturated heterocycles. The van der Waals surface area contributed by atoms with Crippen molar-refractivity contribution in [3.8, 4) is 0 Å². The Morgan fingerprint density at radius 1 is 0.857 bits per heavy atom. The van der Waals surface area contributed by atoms with Gasteiger partial charge in [0.25, 0.3) is 5.43 Å². The Balaban J connectivity index is 3.97. The third-order valence-corrected chi connectivity index (χ3v) is 1.94. The Hall–Kier alpha value is -1.77. The van der Waals surface area contributed by atoms with Crippen LogP contribution in [-0.4, -0.2) is 0 Å². The van der Waals surface area contributed by atoms with Crippen molar-refractivity contribution in [1.82, 2.24) is 0 Å². The highest BCUT2D eigenvalue weighted by atomic mass is 16.2. The zero-order valence-electron chi connectivity index (χ0n) is 8.03. The van der Waals surface area contributed by atoms with Gasteiger partial charge in [-0.1, -0.05) is 24.3 Å². The lowest BCUT2D eigenvalue weighted by atomic mass is 10.3. The van der Waals surface area contributed by atoms with Gasteiger partial charge in [0.05, 0.1) is 0 Å². The Bertz CT molecular complexity index is 611. The van der Waals surface area contributed by atoms with E-state index in [1.54, 1.807) is 26.0 Å². The van der Waals surface area contributed by atoms with E-state index in [0.717, 1.165) is 0 Å². The van der Waals surface area contributed by atoms with E-state index < -0.39 is 16.3 Å². The molecule has 0 aliphatic heterocycles. The van der Waals surface area contributed by atoms with Gasteiger partial charge in [-0.3, -0.25) is 14.4 Å². The van der Waals surface area contributed by atoms with Gasteiger partial charge in [0.15, 0.2) is 0 Å². The Morgan fingerprint density at radius 2 is 1.43 bits per heavy atom. The number of hydrogen-bond donors (Lipinski definition) is 0. The zero-order chi connectivity index (χ0) is 10.7. The Labute approximate surface area is 80.0 Å². The SMILES string of the molecule is C\C=C/C=c1/c(=O)c(=O)c(=O)/c1=C/C. The van der Waals surface area contributed by atoms with Crippen molar-refractivity contribution in [1.29, 1.82) is 0 Å². The second kappa shape index (κ2) is 3.96. The first-order chi connectivity index (χ1) is 6.63. The molecule has 0 amide bonds. The van der Waals surface area contributed by atoms with E-state index in [1.165, 1.54) is 12.2 Å². The first kappa shape index (κ1) is 10.3. The monoisotopic (exact) mass is 190 g/mol. The van der Waals surface area contributed by atoms with Crippen LogP contribution in [0.5, 0.6) is 0 Å². The van der Waals surface area contributed by atoms with Crippen molar-refractivity contribution in [3.05, 3.63) is 53.3 Å². The minimum absolute atomic E-state index is 0.195. The maximum atomic E-state index is 11.3. The van der Waals surface area contributed by atoms with E-state index in [0.29, 0.717) is 0 Å². The normalized spacial score (nSPS) is 14.4. The average molecular weight is 190 g/mol. The minimum atomic E-state index is -0.936. The summed E-state index contributed by atoms with van der Waals surface area (Å²) in [5.41, 5.74) is -2.34. The van der Waals surface area contributed by atoms with Crippen molar-refractivity contribution in [2.45, 2.75) is 13.8 Å². The largest absolute Gasteiger partial charge is 0.285 e. The van der Waals surface area contributed by atoms with E-state index in [-0.39, 0.29) is 10.4 Å². The van der Waals surface area contributed by atoms with E-state index in [1.807, 2.05) is 0 Å². The van der Waals surface area contributed by atoms with E-state index in [4.69, 9.17) is 0 Å². The molecule has 3 heteroatoms. The van der Waals surface area contributed by atoms with Gasteiger partial charge in [0.1, 0.15) is 0 Å². The van der Waals surface area contributed by atoms with Crippen LogP contribution in [0.4, 0.5) is 0 Å². The third-order valence-electron chi connectivity index (χ3n) is 1.94. The molecule has 0 bridgehead atoms. The number of allylic oxidation sites excluding steroid dienone is 2. The summed E-state index contributed by atoms with van der Waals surface area (Å²) >= 11 is 0. The molecule has 0 heterocycles. The molecule has 0 atom stereocenters. The van der Waals surface area contributed by atoms with Crippen molar-refractivity contribution >= 4 is 12.2 Å². The van der Waals surface area contributed by atoms with Gasteiger partial charge in [0.2, 0.25) is 10.9 Å². The van der Waals surface area contributed by atoms with Crippen LogP contribution in [0.1, 0.15) is 13.8 Å². The van der Waals surface area contributed by atoms with Crippen molar-refractivity contribution in [3.63, 3.8) is 0 Å². The third kappa shape index (κ3) is 1.48. The fourth-order valence-electron chi connectivity index (χ4n) is 1.24. The molecule has 0 aliphatic rings. The zero-order valence-corrected chi connectivity index (χ0v) is 8.03. The maximum absolute atomic E-state index is 11.3. The summed E-state index contributed by atoms with van der Waals surface area (Å²) < 4.78 is 0. The molecule has 0 unspecified atom stereocenters. The Morgan fingerprint density at radius 3 is 1.93 bits per heavy atom. The van der Waals surface area contributed by atoms with Crippen LogP contribution < -0.4 is 26.7 Å². The topological polar surface area (TPSA) is 51.2 Å². The molecule has 0 aliphatic carbocycles. The van der Waals surface area contributed by atoms with Crippen LogP contribution in [0.25, 0.3) is 12.2 Å². The minimum Gasteiger partial charge on any atom is -0.285 e. The molecule has 0 spiro atoms. The second-order valence-electron chi connectivity index (χ2n) is 2.80. The molecule has 14 heavy (non-hydrogen) atoms. The molecular weight excluding hydrogens is 180 g/mol.